The van der Waals surface area contributed by atoms with Crippen molar-refractivity contribution in [1.29, 1.82) is 0 Å². The van der Waals surface area contributed by atoms with E-state index in [0.29, 0.717) is 12.5 Å². The number of benzene rings is 1. The fourth-order valence-corrected chi connectivity index (χ4v) is 2.41. The number of hydrogen-bond donors (Lipinski definition) is 2. The highest BCUT2D eigenvalue weighted by Crippen LogP contribution is 2.39. The summed E-state index contributed by atoms with van der Waals surface area (Å²) in [5.41, 5.74) is 0.636. The van der Waals surface area contributed by atoms with E-state index in [1.807, 2.05) is 6.92 Å². The average Bonchev–Trinajstić information content (AvgIpc) is 3.14. The lowest BCUT2D eigenvalue weighted by Gasteiger charge is -2.29. The Kier molecular flexibility index (Phi) is 3.85. The SMILES string of the molecule is CC(CO)(NCc1cc(F)ccc1Br)C1CC1. The Morgan fingerprint density at radius 2 is 2.24 bits per heavy atom. The van der Waals surface area contributed by atoms with Crippen LogP contribution in [-0.4, -0.2) is 17.3 Å². The zero-order valence-corrected chi connectivity index (χ0v) is 11.4. The summed E-state index contributed by atoms with van der Waals surface area (Å²) in [6, 6.07) is 4.65. The molecule has 17 heavy (non-hydrogen) atoms. The van der Waals surface area contributed by atoms with Crippen LogP contribution < -0.4 is 5.32 Å². The zero-order chi connectivity index (χ0) is 12.5. The van der Waals surface area contributed by atoms with Gasteiger partial charge in [-0.05, 0) is 49.4 Å². The molecule has 1 unspecified atom stereocenters. The van der Waals surface area contributed by atoms with E-state index in [9.17, 15) is 9.50 Å². The lowest BCUT2D eigenvalue weighted by atomic mass is 9.96. The van der Waals surface area contributed by atoms with Crippen molar-refractivity contribution >= 4 is 15.9 Å². The van der Waals surface area contributed by atoms with Crippen molar-refractivity contribution in [1.82, 2.24) is 5.32 Å². The second kappa shape index (κ2) is 5.04. The molecule has 0 aromatic heterocycles. The second-order valence-electron chi connectivity index (χ2n) is 4.94. The standard InChI is InChI=1S/C13H17BrFNO/c1-13(8-17,10-2-3-10)16-7-9-6-11(15)4-5-12(9)14/h4-6,10,16-17H,2-3,7-8H2,1H3. The van der Waals surface area contributed by atoms with Gasteiger partial charge in [0.2, 0.25) is 0 Å². The van der Waals surface area contributed by atoms with E-state index in [-0.39, 0.29) is 18.0 Å². The summed E-state index contributed by atoms with van der Waals surface area (Å²) in [5, 5.41) is 12.8. The van der Waals surface area contributed by atoms with Crippen molar-refractivity contribution in [2.24, 2.45) is 5.92 Å². The molecule has 0 saturated heterocycles. The molecule has 94 valence electrons. The van der Waals surface area contributed by atoms with Gasteiger partial charge in [-0.3, -0.25) is 0 Å². The molecule has 0 heterocycles. The Hall–Kier alpha value is -0.450. The molecule has 0 bridgehead atoms. The van der Waals surface area contributed by atoms with Crippen LogP contribution in [0.3, 0.4) is 0 Å². The molecular weight excluding hydrogens is 285 g/mol. The fourth-order valence-electron chi connectivity index (χ4n) is 2.03. The first-order valence-electron chi connectivity index (χ1n) is 5.85. The molecule has 1 saturated carbocycles. The third-order valence-corrected chi connectivity index (χ3v) is 4.27. The van der Waals surface area contributed by atoms with Crippen LogP contribution in [-0.2, 0) is 6.54 Å². The topological polar surface area (TPSA) is 32.3 Å². The van der Waals surface area contributed by atoms with Gasteiger partial charge in [0.1, 0.15) is 5.82 Å². The van der Waals surface area contributed by atoms with Gasteiger partial charge in [0.15, 0.2) is 0 Å². The summed E-state index contributed by atoms with van der Waals surface area (Å²) >= 11 is 3.40. The molecule has 2 nitrogen and oxygen atoms in total. The zero-order valence-electron chi connectivity index (χ0n) is 9.84. The van der Waals surface area contributed by atoms with Crippen molar-refractivity contribution in [2.45, 2.75) is 31.8 Å². The Morgan fingerprint density at radius 3 is 2.82 bits per heavy atom. The second-order valence-corrected chi connectivity index (χ2v) is 5.79. The minimum atomic E-state index is -0.244. The van der Waals surface area contributed by atoms with Crippen LogP contribution in [0.1, 0.15) is 25.3 Å². The van der Waals surface area contributed by atoms with E-state index in [2.05, 4.69) is 21.2 Å². The predicted molar refractivity (Wildman–Crippen MR) is 69.2 cm³/mol. The largest absolute Gasteiger partial charge is 0.394 e. The van der Waals surface area contributed by atoms with Gasteiger partial charge in [-0.1, -0.05) is 15.9 Å². The highest BCUT2D eigenvalue weighted by Gasteiger charge is 2.40. The smallest absolute Gasteiger partial charge is 0.123 e. The van der Waals surface area contributed by atoms with Gasteiger partial charge in [-0.15, -0.1) is 0 Å². The molecule has 1 aliphatic carbocycles. The number of aliphatic hydroxyl groups is 1. The van der Waals surface area contributed by atoms with Gasteiger partial charge in [-0.2, -0.15) is 0 Å². The highest BCUT2D eigenvalue weighted by molar-refractivity contribution is 9.10. The van der Waals surface area contributed by atoms with Crippen LogP contribution in [0.15, 0.2) is 22.7 Å². The van der Waals surface area contributed by atoms with Crippen LogP contribution in [0.4, 0.5) is 4.39 Å². The van der Waals surface area contributed by atoms with Gasteiger partial charge in [0, 0.05) is 16.6 Å². The van der Waals surface area contributed by atoms with E-state index < -0.39 is 0 Å². The Bertz CT molecular complexity index is 408. The molecule has 1 atom stereocenters. The molecular formula is C13H17BrFNO. The lowest BCUT2D eigenvalue weighted by Crippen LogP contribution is -2.47. The molecule has 0 amide bonds. The van der Waals surface area contributed by atoms with E-state index in [1.165, 1.54) is 12.1 Å². The number of aliphatic hydroxyl groups excluding tert-OH is 1. The van der Waals surface area contributed by atoms with Crippen molar-refractivity contribution in [3.05, 3.63) is 34.1 Å². The van der Waals surface area contributed by atoms with E-state index >= 15 is 0 Å². The quantitative estimate of drug-likeness (QED) is 0.876. The van der Waals surface area contributed by atoms with Crippen molar-refractivity contribution in [3.63, 3.8) is 0 Å². The molecule has 0 radical (unpaired) electrons. The normalized spacial score (nSPS) is 19.1. The first-order valence-corrected chi connectivity index (χ1v) is 6.64. The van der Waals surface area contributed by atoms with Crippen LogP contribution in [0.5, 0.6) is 0 Å². The summed E-state index contributed by atoms with van der Waals surface area (Å²) in [6.45, 7) is 2.70. The fraction of sp³-hybridized carbons (Fsp3) is 0.538. The molecule has 1 aliphatic rings. The molecule has 0 spiro atoms. The van der Waals surface area contributed by atoms with Crippen LogP contribution in [0.25, 0.3) is 0 Å². The third-order valence-electron chi connectivity index (χ3n) is 3.50. The summed E-state index contributed by atoms with van der Waals surface area (Å²) in [7, 11) is 0. The third kappa shape index (κ3) is 3.06. The van der Waals surface area contributed by atoms with E-state index in [1.54, 1.807) is 6.07 Å². The molecule has 2 rings (SSSR count). The van der Waals surface area contributed by atoms with Crippen molar-refractivity contribution in [3.8, 4) is 0 Å². The van der Waals surface area contributed by atoms with E-state index in [0.717, 1.165) is 22.9 Å². The average molecular weight is 302 g/mol. The molecule has 0 aliphatic heterocycles. The maximum Gasteiger partial charge on any atom is 0.123 e. The monoisotopic (exact) mass is 301 g/mol. The van der Waals surface area contributed by atoms with Crippen molar-refractivity contribution < 1.29 is 9.50 Å². The number of hydrogen-bond acceptors (Lipinski definition) is 2. The Labute approximate surface area is 109 Å². The van der Waals surface area contributed by atoms with E-state index in [4.69, 9.17) is 0 Å². The number of nitrogens with one attached hydrogen (secondary N) is 1. The van der Waals surface area contributed by atoms with Crippen LogP contribution in [0.2, 0.25) is 0 Å². The number of halogens is 2. The van der Waals surface area contributed by atoms with Gasteiger partial charge >= 0.3 is 0 Å². The highest BCUT2D eigenvalue weighted by atomic mass is 79.9. The molecule has 4 heteroatoms. The minimum absolute atomic E-state index is 0.116. The van der Waals surface area contributed by atoms with Gasteiger partial charge in [0.05, 0.1) is 6.61 Å². The van der Waals surface area contributed by atoms with Gasteiger partial charge in [0.25, 0.3) is 0 Å². The first kappa shape index (κ1) is 13.0. The molecule has 1 fully saturated rings. The predicted octanol–water partition coefficient (Wildman–Crippen LogP) is 2.84. The maximum atomic E-state index is 13.1. The summed E-state index contributed by atoms with van der Waals surface area (Å²) in [5.74, 6) is 0.307. The molecule has 1 aromatic carbocycles. The molecule has 2 N–H and O–H groups in total. The Balaban J connectivity index is 2.03. The van der Waals surface area contributed by atoms with Gasteiger partial charge < -0.3 is 10.4 Å². The first-order chi connectivity index (χ1) is 8.05. The van der Waals surface area contributed by atoms with Crippen LogP contribution in [0, 0.1) is 11.7 Å². The summed E-state index contributed by atoms with van der Waals surface area (Å²) in [6.07, 6.45) is 2.32. The maximum absolute atomic E-state index is 13.1. The lowest BCUT2D eigenvalue weighted by molar-refractivity contribution is 0.153. The van der Waals surface area contributed by atoms with Crippen LogP contribution >= 0.6 is 15.9 Å². The Morgan fingerprint density at radius 1 is 1.53 bits per heavy atom. The van der Waals surface area contributed by atoms with Gasteiger partial charge in [-0.25, -0.2) is 4.39 Å². The molecule has 1 aromatic rings. The summed E-state index contributed by atoms with van der Waals surface area (Å²) in [4.78, 5) is 0. The number of rotatable bonds is 5. The van der Waals surface area contributed by atoms with Crippen molar-refractivity contribution in [2.75, 3.05) is 6.61 Å². The summed E-state index contributed by atoms with van der Waals surface area (Å²) < 4.78 is 14.0. The minimum Gasteiger partial charge on any atom is -0.394 e.